The number of rotatable bonds is 5. The lowest BCUT2D eigenvalue weighted by Crippen LogP contribution is -2.07. The van der Waals surface area contributed by atoms with E-state index in [0.717, 1.165) is 22.3 Å². The van der Waals surface area contributed by atoms with E-state index < -0.39 is 0 Å². The van der Waals surface area contributed by atoms with Crippen molar-refractivity contribution in [3.05, 3.63) is 114 Å². The zero-order valence-electron chi connectivity index (χ0n) is 15.6. The number of methoxy groups -OCH3 is 1. The van der Waals surface area contributed by atoms with Gasteiger partial charge < -0.3 is 4.74 Å². The second kappa shape index (κ2) is 7.93. The fourth-order valence-corrected chi connectivity index (χ4v) is 3.39. The van der Waals surface area contributed by atoms with Crippen molar-refractivity contribution >= 4 is 5.78 Å². The van der Waals surface area contributed by atoms with Crippen LogP contribution < -0.4 is 4.74 Å². The highest BCUT2D eigenvalue weighted by atomic mass is 16.5. The molecule has 0 saturated heterocycles. The van der Waals surface area contributed by atoms with E-state index in [4.69, 9.17) is 4.74 Å². The van der Waals surface area contributed by atoms with Gasteiger partial charge in [0.1, 0.15) is 5.75 Å². The molecule has 0 unspecified atom stereocenters. The minimum Gasteiger partial charge on any atom is -0.496 e. The van der Waals surface area contributed by atoms with E-state index in [1.807, 2.05) is 84.9 Å². The molecule has 136 valence electrons. The fourth-order valence-electron chi connectivity index (χ4n) is 3.39. The number of hydrogen-bond donors (Lipinski definition) is 0. The van der Waals surface area contributed by atoms with Gasteiger partial charge in [0.25, 0.3) is 0 Å². The molecule has 0 N–H and O–H groups in total. The molecule has 0 fully saturated rings. The van der Waals surface area contributed by atoms with E-state index in [-0.39, 0.29) is 5.78 Å². The van der Waals surface area contributed by atoms with Gasteiger partial charge in [-0.25, -0.2) is 0 Å². The minimum absolute atomic E-state index is 0.0454. The second-order valence-electron chi connectivity index (χ2n) is 6.53. The summed E-state index contributed by atoms with van der Waals surface area (Å²) in [5.41, 5.74) is 5.17. The highest BCUT2D eigenvalue weighted by Gasteiger charge is 2.21. The third-order valence-electron chi connectivity index (χ3n) is 4.78. The predicted octanol–water partition coefficient (Wildman–Crippen LogP) is 6.26. The summed E-state index contributed by atoms with van der Waals surface area (Å²) < 4.78 is 5.69. The number of benzene rings is 4. The molecule has 0 saturated carbocycles. The van der Waals surface area contributed by atoms with Crippen molar-refractivity contribution in [2.24, 2.45) is 0 Å². The molecule has 0 amide bonds. The van der Waals surface area contributed by atoms with Crippen LogP contribution in [0.5, 0.6) is 5.75 Å². The predicted molar refractivity (Wildman–Crippen MR) is 114 cm³/mol. The lowest BCUT2D eigenvalue weighted by molar-refractivity contribution is 0.103. The molecular formula is C26H20O2. The van der Waals surface area contributed by atoms with Crippen LogP contribution in [-0.4, -0.2) is 12.9 Å². The standard InChI is InChI=1S/C26H20O2/c1-28-24-18-22(19-11-5-2-6-12-19)17-23(20-13-7-3-8-14-20)25(24)26(27)21-15-9-4-10-16-21/h2-18H,1H3. The minimum atomic E-state index is -0.0454. The van der Waals surface area contributed by atoms with E-state index in [0.29, 0.717) is 16.9 Å². The van der Waals surface area contributed by atoms with Crippen LogP contribution >= 0.6 is 0 Å². The molecule has 4 aromatic carbocycles. The highest BCUT2D eigenvalue weighted by molar-refractivity contribution is 6.15. The third kappa shape index (κ3) is 3.45. The molecule has 2 heteroatoms. The summed E-state index contributed by atoms with van der Waals surface area (Å²) in [6.45, 7) is 0. The average Bonchev–Trinajstić information content (AvgIpc) is 2.79. The molecule has 0 radical (unpaired) electrons. The Morgan fingerprint density at radius 1 is 0.643 bits per heavy atom. The Morgan fingerprint density at radius 3 is 1.75 bits per heavy atom. The monoisotopic (exact) mass is 364 g/mol. The Hall–Kier alpha value is -3.65. The molecule has 0 aromatic heterocycles. The molecule has 2 nitrogen and oxygen atoms in total. The SMILES string of the molecule is COc1cc(-c2ccccc2)cc(-c2ccccc2)c1C(=O)c1ccccc1. The van der Waals surface area contributed by atoms with Gasteiger partial charge >= 0.3 is 0 Å². The summed E-state index contributed by atoms with van der Waals surface area (Å²) >= 11 is 0. The van der Waals surface area contributed by atoms with Crippen LogP contribution in [0.2, 0.25) is 0 Å². The molecule has 4 aromatic rings. The van der Waals surface area contributed by atoms with Crippen molar-refractivity contribution in [3.8, 4) is 28.0 Å². The van der Waals surface area contributed by atoms with Crippen molar-refractivity contribution in [2.75, 3.05) is 7.11 Å². The molecule has 0 bridgehead atoms. The van der Waals surface area contributed by atoms with Crippen molar-refractivity contribution in [3.63, 3.8) is 0 Å². The summed E-state index contributed by atoms with van der Waals surface area (Å²) in [6.07, 6.45) is 0. The van der Waals surface area contributed by atoms with Crippen molar-refractivity contribution in [1.82, 2.24) is 0 Å². The first-order valence-corrected chi connectivity index (χ1v) is 9.20. The molecule has 0 aliphatic rings. The van der Waals surface area contributed by atoms with Crippen molar-refractivity contribution in [1.29, 1.82) is 0 Å². The van der Waals surface area contributed by atoms with Gasteiger partial charge in [-0.3, -0.25) is 4.79 Å². The number of ketones is 1. The highest BCUT2D eigenvalue weighted by Crippen LogP contribution is 2.37. The van der Waals surface area contributed by atoms with E-state index in [1.54, 1.807) is 7.11 Å². The molecule has 0 heterocycles. The Balaban J connectivity index is 1.97. The molecule has 0 spiro atoms. The summed E-state index contributed by atoms with van der Waals surface area (Å²) in [7, 11) is 1.61. The number of hydrogen-bond acceptors (Lipinski definition) is 2. The van der Waals surface area contributed by atoms with Gasteiger partial charge in [0, 0.05) is 5.56 Å². The Morgan fingerprint density at radius 2 is 1.18 bits per heavy atom. The van der Waals surface area contributed by atoms with E-state index in [1.165, 1.54) is 0 Å². The number of carbonyl (C=O) groups is 1. The molecule has 0 aliphatic carbocycles. The van der Waals surface area contributed by atoms with Crippen molar-refractivity contribution in [2.45, 2.75) is 0 Å². The van der Waals surface area contributed by atoms with Gasteiger partial charge in [-0.15, -0.1) is 0 Å². The Labute approximate surface area is 165 Å². The van der Waals surface area contributed by atoms with Gasteiger partial charge in [-0.1, -0.05) is 91.0 Å². The van der Waals surface area contributed by atoms with Crippen molar-refractivity contribution < 1.29 is 9.53 Å². The van der Waals surface area contributed by atoms with Gasteiger partial charge in [-0.05, 0) is 34.4 Å². The molecule has 28 heavy (non-hydrogen) atoms. The van der Waals surface area contributed by atoms with Crippen LogP contribution in [-0.2, 0) is 0 Å². The summed E-state index contributed by atoms with van der Waals surface area (Å²) in [6, 6.07) is 33.4. The first kappa shape index (κ1) is 17.7. The summed E-state index contributed by atoms with van der Waals surface area (Å²) in [5.74, 6) is 0.532. The Bertz CT molecular complexity index is 1090. The van der Waals surface area contributed by atoms with Gasteiger partial charge in [0.15, 0.2) is 5.78 Å². The zero-order chi connectivity index (χ0) is 19.3. The average molecular weight is 364 g/mol. The van der Waals surface area contributed by atoms with Crippen LogP contribution in [0.15, 0.2) is 103 Å². The lowest BCUT2D eigenvalue weighted by atomic mass is 9.90. The maximum Gasteiger partial charge on any atom is 0.197 e. The molecular weight excluding hydrogens is 344 g/mol. The Kier molecular flexibility index (Phi) is 5.03. The van der Waals surface area contributed by atoms with E-state index >= 15 is 0 Å². The lowest BCUT2D eigenvalue weighted by Gasteiger charge is -2.16. The normalized spacial score (nSPS) is 10.5. The van der Waals surface area contributed by atoms with Gasteiger partial charge in [0.05, 0.1) is 12.7 Å². The van der Waals surface area contributed by atoms with E-state index in [9.17, 15) is 4.79 Å². The van der Waals surface area contributed by atoms with Crippen LogP contribution in [0, 0.1) is 0 Å². The second-order valence-corrected chi connectivity index (χ2v) is 6.53. The fraction of sp³-hybridized carbons (Fsp3) is 0.0385. The number of ether oxygens (including phenoxy) is 1. The van der Waals surface area contributed by atoms with Crippen LogP contribution in [0.4, 0.5) is 0 Å². The topological polar surface area (TPSA) is 26.3 Å². The van der Waals surface area contributed by atoms with Gasteiger partial charge in [-0.2, -0.15) is 0 Å². The maximum absolute atomic E-state index is 13.4. The van der Waals surface area contributed by atoms with Gasteiger partial charge in [0.2, 0.25) is 0 Å². The van der Waals surface area contributed by atoms with Crippen LogP contribution in [0.3, 0.4) is 0 Å². The zero-order valence-corrected chi connectivity index (χ0v) is 15.6. The molecule has 0 aliphatic heterocycles. The first-order chi connectivity index (χ1) is 13.8. The molecule has 4 rings (SSSR count). The quantitative estimate of drug-likeness (QED) is 0.391. The van der Waals surface area contributed by atoms with Crippen LogP contribution in [0.1, 0.15) is 15.9 Å². The van der Waals surface area contributed by atoms with Crippen LogP contribution in [0.25, 0.3) is 22.3 Å². The summed E-state index contributed by atoms with van der Waals surface area (Å²) in [4.78, 5) is 13.4. The molecule has 0 atom stereocenters. The maximum atomic E-state index is 13.4. The first-order valence-electron chi connectivity index (χ1n) is 9.20. The smallest absolute Gasteiger partial charge is 0.197 e. The number of carbonyl (C=O) groups excluding carboxylic acids is 1. The third-order valence-corrected chi connectivity index (χ3v) is 4.78. The van der Waals surface area contributed by atoms with E-state index in [2.05, 4.69) is 18.2 Å². The summed E-state index contributed by atoms with van der Waals surface area (Å²) in [5, 5.41) is 0. The largest absolute Gasteiger partial charge is 0.496 e.